The van der Waals surface area contributed by atoms with E-state index in [-0.39, 0.29) is 16.8 Å². The summed E-state index contributed by atoms with van der Waals surface area (Å²) < 4.78 is 6.45. The summed E-state index contributed by atoms with van der Waals surface area (Å²) in [4.78, 5) is 23.8. The number of carboxylic acids is 1. The van der Waals surface area contributed by atoms with Crippen LogP contribution in [-0.4, -0.2) is 17.0 Å². The van der Waals surface area contributed by atoms with Gasteiger partial charge in [0, 0.05) is 5.02 Å². The highest BCUT2D eigenvalue weighted by Gasteiger charge is 2.15. The van der Waals surface area contributed by atoms with Gasteiger partial charge in [0.2, 0.25) is 0 Å². The maximum atomic E-state index is 12.5. The predicted molar refractivity (Wildman–Crippen MR) is 126 cm³/mol. The molecular formula is C24H16BrClN2O4. The Morgan fingerprint density at radius 3 is 2.50 bits per heavy atom. The Morgan fingerprint density at radius 1 is 1.12 bits per heavy atom. The van der Waals surface area contributed by atoms with Crippen molar-refractivity contribution >= 4 is 51.2 Å². The van der Waals surface area contributed by atoms with Crippen molar-refractivity contribution < 1.29 is 19.4 Å². The number of rotatable bonds is 7. The van der Waals surface area contributed by atoms with Crippen LogP contribution in [0.4, 0.5) is 5.69 Å². The van der Waals surface area contributed by atoms with Crippen molar-refractivity contribution in [2.75, 3.05) is 5.32 Å². The summed E-state index contributed by atoms with van der Waals surface area (Å²) >= 11 is 9.32. The average Bonchev–Trinajstić information content (AvgIpc) is 2.78. The largest absolute Gasteiger partial charge is 0.488 e. The van der Waals surface area contributed by atoms with E-state index in [2.05, 4.69) is 21.2 Å². The number of nitriles is 1. The minimum absolute atomic E-state index is 0.0666. The van der Waals surface area contributed by atoms with Crippen molar-refractivity contribution in [2.24, 2.45) is 0 Å². The quantitative estimate of drug-likeness (QED) is 0.303. The number of carbonyl (C=O) groups excluding carboxylic acids is 1. The molecule has 0 aromatic heterocycles. The molecule has 0 aliphatic carbocycles. The van der Waals surface area contributed by atoms with E-state index >= 15 is 0 Å². The molecule has 0 atom stereocenters. The number of nitrogens with zero attached hydrogens (tertiary/aromatic N) is 1. The second-order valence-corrected chi connectivity index (χ2v) is 7.87. The molecule has 3 rings (SSSR count). The van der Waals surface area contributed by atoms with Gasteiger partial charge in [-0.05, 0) is 69.5 Å². The lowest BCUT2D eigenvalue weighted by atomic mass is 10.1. The Bertz CT molecular complexity index is 1230. The highest BCUT2D eigenvalue weighted by Crippen LogP contribution is 2.28. The Morgan fingerprint density at radius 2 is 1.84 bits per heavy atom. The van der Waals surface area contributed by atoms with Gasteiger partial charge in [-0.1, -0.05) is 41.9 Å². The van der Waals surface area contributed by atoms with Crippen molar-refractivity contribution in [1.29, 1.82) is 5.26 Å². The standard InChI is InChI=1S/C24H16BrClN2O4/c25-20-12-16(7-10-22(20)32-14-15-5-8-18(26)9-6-15)11-17(13-27)23(29)28-21-4-2-1-3-19(21)24(30)31/h1-12H,14H2,(H,28,29)(H,30,31)/b17-11+. The van der Waals surface area contributed by atoms with Crippen LogP contribution in [0.5, 0.6) is 5.75 Å². The number of ether oxygens (including phenoxy) is 1. The molecule has 0 spiro atoms. The number of benzene rings is 3. The van der Waals surface area contributed by atoms with E-state index in [1.165, 1.54) is 18.2 Å². The number of para-hydroxylation sites is 1. The molecule has 0 heterocycles. The molecule has 2 N–H and O–H groups in total. The lowest BCUT2D eigenvalue weighted by molar-refractivity contribution is -0.112. The van der Waals surface area contributed by atoms with Gasteiger partial charge in [-0.2, -0.15) is 5.26 Å². The monoisotopic (exact) mass is 510 g/mol. The van der Waals surface area contributed by atoms with E-state index in [0.717, 1.165) is 5.56 Å². The second-order valence-electron chi connectivity index (χ2n) is 6.58. The number of nitrogens with one attached hydrogen (secondary N) is 1. The lowest BCUT2D eigenvalue weighted by Crippen LogP contribution is -2.16. The highest BCUT2D eigenvalue weighted by atomic mass is 79.9. The third-order valence-corrected chi connectivity index (χ3v) is 5.22. The first kappa shape index (κ1) is 23.1. The van der Waals surface area contributed by atoms with E-state index in [1.807, 2.05) is 18.2 Å². The van der Waals surface area contributed by atoms with Gasteiger partial charge in [-0.15, -0.1) is 0 Å². The van der Waals surface area contributed by atoms with Crippen LogP contribution >= 0.6 is 27.5 Å². The van der Waals surface area contributed by atoms with E-state index in [4.69, 9.17) is 16.3 Å². The molecule has 0 fully saturated rings. The zero-order valence-corrected chi connectivity index (χ0v) is 18.9. The first-order valence-corrected chi connectivity index (χ1v) is 10.5. The van der Waals surface area contributed by atoms with Gasteiger partial charge >= 0.3 is 5.97 Å². The first-order valence-electron chi connectivity index (χ1n) is 9.29. The summed E-state index contributed by atoms with van der Waals surface area (Å²) in [5, 5.41) is 21.8. The van der Waals surface area contributed by atoms with Crippen molar-refractivity contribution in [2.45, 2.75) is 6.61 Å². The molecule has 32 heavy (non-hydrogen) atoms. The summed E-state index contributed by atoms with van der Waals surface area (Å²) in [7, 11) is 0. The van der Waals surface area contributed by atoms with Crippen molar-refractivity contribution in [1.82, 2.24) is 0 Å². The van der Waals surface area contributed by atoms with Crippen LogP contribution in [0.2, 0.25) is 5.02 Å². The van der Waals surface area contributed by atoms with E-state index in [1.54, 1.807) is 42.5 Å². The molecule has 0 aliphatic heterocycles. The summed E-state index contributed by atoms with van der Waals surface area (Å²) in [5.74, 6) is -1.29. The number of hydrogen-bond acceptors (Lipinski definition) is 4. The summed E-state index contributed by atoms with van der Waals surface area (Å²) in [6.07, 6.45) is 1.41. The molecule has 6 nitrogen and oxygen atoms in total. The number of aromatic carboxylic acids is 1. The molecule has 0 bridgehead atoms. The van der Waals surface area contributed by atoms with Crippen LogP contribution in [-0.2, 0) is 11.4 Å². The molecule has 0 radical (unpaired) electrons. The maximum absolute atomic E-state index is 12.5. The van der Waals surface area contributed by atoms with E-state index in [9.17, 15) is 20.0 Å². The number of halogens is 2. The smallest absolute Gasteiger partial charge is 0.337 e. The van der Waals surface area contributed by atoms with Crippen LogP contribution in [0, 0.1) is 11.3 Å². The zero-order chi connectivity index (χ0) is 23.1. The van der Waals surface area contributed by atoms with Gasteiger partial charge in [0.05, 0.1) is 15.7 Å². The first-order chi connectivity index (χ1) is 15.4. The minimum Gasteiger partial charge on any atom is -0.488 e. The van der Waals surface area contributed by atoms with Gasteiger partial charge in [-0.3, -0.25) is 4.79 Å². The van der Waals surface area contributed by atoms with Gasteiger partial charge in [0.1, 0.15) is 24.0 Å². The lowest BCUT2D eigenvalue weighted by Gasteiger charge is -2.10. The molecule has 0 aliphatic rings. The number of carboxylic acid groups (broad SMARTS) is 1. The average molecular weight is 512 g/mol. The van der Waals surface area contributed by atoms with E-state index < -0.39 is 11.9 Å². The fourth-order valence-corrected chi connectivity index (χ4v) is 3.39. The minimum atomic E-state index is -1.18. The third-order valence-electron chi connectivity index (χ3n) is 4.35. The van der Waals surface area contributed by atoms with Gasteiger partial charge < -0.3 is 15.2 Å². The molecule has 1 amide bonds. The number of hydrogen-bond donors (Lipinski definition) is 2. The Kier molecular flexibility index (Phi) is 7.66. The zero-order valence-electron chi connectivity index (χ0n) is 16.5. The normalized spacial score (nSPS) is 10.8. The molecule has 3 aromatic carbocycles. The van der Waals surface area contributed by atoms with Gasteiger partial charge in [0.25, 0.3) is 5.91 Å². The molecule has 0 unspecified atom stereocenters. The second kappa shape index (κ2) is 10.6. The van der Waals surface area contributed by atoms with Crippen LogP contribution < -0.4 is 10.1 Å². The number of anilines is 1. The molecule has 0 saturated carbocycles. The Balaban J connectivity index is 1.73. The maximum Gasteiger partial charge on any atom is 0.337 e. The van der Waals surface area contributed by atoms with E-state index in [0.29, 0.717) is 27.4 Å². The molecular weight excluding hydrogens is 496 g/mol. The number of carbonyl (C=O) groups is 2. The van der Waals surface area contributed by atoms with Crippen molar-refractivity contribution in [3.8, 4) is 11.8 Å². The highest BCUT2D eigenvalue weighted by molar-refractivity contribution is 9.10. The SMILES string of the molecule is N#C/C(=C\c1ccc(OCc2ccc(Cl)cc2)c(Br)c1)C(=O)Nc1ccccc1C(=O)O. The molecule has 3 aromatic rings. The van der Waals surface area contributed by atoms with Crippen molar-refractivity contribution in [3.63, 3.8) is 0 Å². The third kappa shape index (κ3) is 5.97. The van der Waals surface area contributed by atoms with Crippen LogP contribution in [0.15, 0.2) is 76.8 Å². The fraction of sp³-hybridized carbons (Fsp3) is 0.0417. The predicted octanol–water partition coefficient (Wildman–Crippen LogP) is 5.93. The summed E-state index contributed by atoms with van der Waals surface area (Å²) in [6.45, 7) is 0.347. The Labute approximate surface area is 197 Å². The fourth-order valence-electron chi connectivity index (χ4n) is 2.75. The summed E-state index contributed by atoms with van der Waals surface area (Å²) in [5.41, 5.74) is 1.41. The van der Waals surface area contributed by atoms with Crippen LogP contribution in [0.25, 0.3) is 6.08 Å². The van der Waals surface area contributed by atoms with Gasteiger partial charge in [0.15, 0.2) is 0 Å². The molecule has 8 heteroatoms. The summed E-state index contributed by atoms with van der Waals surface area (Å²) in [6, 6.07) is 20.3. The van der Waals surface area contributed by atoms with Crippen LogP contribution in [0.3, 0.4) is 0 Å². The Hall–Kier alpha value is -3.60. The van der Waals surface area contributed by atoms with Crippen molar-refractivity contribution in [3.05, 3.63) is 98.5 Å². The topological polar surface area (TPSA) is 99.4 Å². The van der Waals surface area contributed by atoms with Gasteiger partial charge in [-0.25, -0.2) is 4.79 Å². The number of amides is 1. The molecule has 0 saturated heterocycles. The van der Waals surface area contributed by atoms with Crippen LogP contribution in [0.1, 0.15) is 21.5 Å². The molecule has 160 valence electrons.